The summed E-state index contributed by atoms with van der Waals surface area (Å²) >= 11 is 5.98. The van der Waals surface area contributed by atoms with E-state index < -0.39 is 0 Å². The first-order chi connectivity index (χ1) is 9.67. The zero-order chi connectivity index (χ0) is 14.5. The molecule has 1 N–H and O–H groups in total. The van der Waals surface area contributed by atoms with E-state index in [1.807, 2.05) is 24.3 Å². The molecule has 0 aliphatic rings. The Morgan fingerprint density at radius 2 is 2.20 bits per heavy atom. The van der Waals surface area contributed by atoms with Gasteiger partial charge in [-0.05, 0) is 12.1 Å². The monoisotopic (exact) mass is 290 g/mol. The van der Waals surface area contributed by atoms with Crippen LogP contribution in [0, 0.1) is 0 Å². The molecule has 5 heteroatoms. The third kappa shape index (κ3) is 2.98. The SMILES string of the molecule is C=CCN(CCO)C(=O)c1cc(Cl)nc2ccccc12. The molecule has 0 radical (unpaired) electrons. The van der Waals surface area contributed by atoms with Crippen LogP contribution in [-0.4, -0.2) is 40.6 Å². The Balaban J connectivity index is 2.50. The largest absolute Gasteiger partial charge is 0.395 e. The Kier molecular flexibility index (Phi) is 4.71. The van der Waals surface area contributed by atoms with Crippen LogP contribution in [0.15, 0.2) is 43.0 Å². The van der Waals surface area contributed by atoms with Crippen LogP contribution in [0.2, 0.25) is 5.15 Å². The lowest BCUT2D eigenvalue weighted by molar-refractivity contribution is 0.0745. The van der Waals surface area contributed by atoms with Crippen LogP contribution in [0.4, 0.5) is 0 Å². The number of aliphatic hydroxyl groups excluding tert-OH is 1. The number of aromatic nitrogens is 1. The van der Waals surface area contributed by atoms with Gasteiger partial charge >= 0.3 is 0 Å². The molecule has 2 aromatic rings. The normalized spacial score (nSPS) is 10.5. The minimum Gasteiger partial charge on any atom is -0.395 e. The summed E-state index contributed by atoms with van der Waals surface area (Å²) in [5.41, 5.74) is 1.15. The molecule has 1 aromatic carbocycles. The van der Waals surface area contributed by atoms with E-state index in [1.165, 1.54) is 4.90 Å². The second-order valence-corrected chi connectivity index (χ2v) is 4.66. The van der Waals surface area contributed by atoms with Gasteiger partial charge in [0.05, 0.1) is 17.7 Å². The quantitative estimate of drug-likeness (QED) is 0.680. The lowest BCUT2D eigenvalue weighted by Gasteiger charge is -2.20. The third-order valence-electron chi connectivity index (χ3n) is 2.92. The second kappa shape index (κ2) is 6.50. The van der Waals surface area contributed by atoms with Crippen molar-refractivity contribution in [2.45, 2.75) is 0 Å². The molecule has 0 bridgehead atoms. The highest BCUT2D eigenvalue weighted by Crippen LogP contribution is 2.22. The first-order valence-corrected chi connectivity index (χ1v) is 6.61. The van der Waals surface area contributed by atoms with Crippen molar-refractivity contribution in [2.24, 2.45) is 0 Å². The van der Waals surface area contributed by atoms with Crippen molar-refractivity contribution in [2.75, 3.05) is 19.7 Å². The first kappa shape index (κ1) is 14.5. The van der Waals surface area contributed by atoms with Gasteiger partial charge in [-0.15, -0.1) is 6.58 Å². The van der Waals surface area contributed by atoms with Crippen LogP contribution < -0.4 is 0 Å². The maximum Gasteiger partial charge on any atom is 0.255 e. The van der Waals surface area contributed by atoms with Crippen LogP contribution in [-0.2, 0) is 0 Å². The summed E-state index contributed by atoms with van der Waals surface area (Å²) in [6.45, 7) is 4.14. The number of rotatable bonds is 5. The molecule has 0 saturated carbocycles. The Hall–Kier alpha value is -1.91. The number of para-hydroxylation sites is 1. The van der Waals surface area contributed by atoms with E-state index in [-0.39, 0.29) is 24.2 Å². The number of benzene rings is 1. The predicted octanol–water partition coefficient (Wildman–Crippen LogP) is 2.51. The molecule has 0 aliphatic heterocycles. The van der Waals surface area contributed by atoms with E-state index in [1.54, 1.807) is 12.1 Å². The van der Waals surface area contributed by atoms with E-state index in [0.717, 1.165) is 5.39 Å². The van der Waals surface area contributed by atoms with Crippen molar-refractivity contribution in [1.29, 1.82) is 0 Å². The van der Waals surface area contributed by atoms with Crippen molar-refractivity contribution in [1.82, 2.24) is 9.88 Å². The number of pyridine rings is 1. The summed E-state index contributed by atoms with van der Waals surface area (Å²) in [5, 5.41) is 10.1. The fourth-order valence-corrected chi connectivity index (χ4v) is 2.24. The molecule has 2 rings (SSSR count). The van der Waals surface area contributed by atoms with E-state index >= 15 is 0 Å². The van der Waals surface area contributed by atoms with E-state index in [9.17, 15) is 4.79 Å². The second-order valence-electron chi connectivity index (χ2n) is 4.27. The van der Waals surface area contributed by atoms with Gasteiger partial charge in [0, 0.05) is 18.5 Å². The molecule has 0 saturated heterocycles. The van der Waals surface area contributed by atoms with E-state index in [0.29, 0.717) is 17.6 Å². The molecular weight excluding hydrogens is 276 g/mol. The maximum atomic E-state index is 12.6. The molecule has 20 heavy (non-hydrogen) atoms. The molecule has 0 spiro atoms. The van der Waals surface area contributed by atoms with Gasteiger partial charge in [-0.1, -0.05) is 35.9 Å². The summed E-state index contributed by atoms with van der Waals surface area (Å²) in [6.07, 6.45) is 1.62. The Morgan fingerprint density at radius 1 is 1.45 bits per heavy atom. The van der Waals surface area contributed by atoms with Crippen LogP contribution >= 0.6 is 11.6 Å². The van der Waals surface area contributed by atoms with Crippen LogP contribution in [0.1, 0.15) is 10.4 Å². The average Bonchev–Trinajstić information content (AvgIpc) is 2.45. The summed E-state index contributed by atoms with van der Waals surface area (Å²) in [6, 6.07) is 8.88. The van der Waals surface area contributed by atoms with Gasteiger partial charge in [-0.25, -0.2) is 4.98 Å². The summed E-state index contributed by atoms with van der Waals surface area (Å²) in [7, 11) is 0. The molecule has 104 valence electrons. The topological polar surface area (TPSA) is 53.4 Å². The van der Waals surface area contributed by atoms with Gasteiger partial charge in [0.1, 0.15) is 5.15 Å². The van der Waals surface area contributed by atoms with Gasteiger partial charge < -0.3 is 10.0 Å². The minimum atomic E-state index is -0.195. The van der Waals surface area contributed by atoms with Crippen LogP contribution in [0.5, 0.6) is 0 Å². The number of amides is 1. The lowest BCUT2D eigenvalue weighted by atomic mass is 10.1. The average molecular weight is 291 g/mol. The molecule has 1 aromatic heterocycles. The summed E-state index contributed by atoms with van der Waals surface area (Å²) in [5.74, 6) is -0.195. The fraction of sp³-hybridized carbons (Fsp3) is 0.200. The van der Waals surface area contributed by atoms with Crippen molar-refractivity contribution in [3.63, 3.8) is 0 Å². The highest BCUT2D eigenvalue weighted by molar-refractivity contribution is 6.30. The molecule has 1 heterocycles. The summed E-state index contributed by atoms with van der Waals surface area (Å²) in [4.78, 5) is 18.3. The number of fused-ring (bicyclic) bond motifs is 1. The number of carbonyl (C=O) groups excluding carboxylic acids is 1. The first-order valence-electron chi connectivity index (χ1n) is 6.23. The highest BCUT2D eigenvalue weighted by Gasteiger charge is 2.18. The fourth-order valence-electron chi connectivity index (χ4n) is 2.04. The Labute approximate surface area is 122 Å². The zero-order valence-corrected chi connectivity index (χ0v) is 11.7. The number of hydrogen-bond donors (Lipinski definition) is 1. The van der Waals surface area contributed by atoms with Crippen molar-refractivity contribution < 1.29 is 9.90 Å². The number of hydrogen-bond acceptors (Lipinski definition) is 3. The lowest BCUT2D eigenvalue weighted by Crippen LogP contribution is -2.33. The zero-order valence-electron chi connectivity index (χ0n) is 10.9. The third-order valence-corrected chi connectivity index (χ3v) is 3.12. The van der Waals surface area contributed by atoms with Crippen molar-refractivity contribution in [3.8, 4) is 0 Å². The van der Waals surface area contributed by atoms with Crippen molar-refractivity contribution >= 4 is 28.4 Å². The van der Waals surface area contributed by atoms with Crippen LogP contribution in [0.25, 0.3) is 10.9 Å². The van der Waals surface area contributed by atoms with E-state index in [2.05, 4.69) is 11.6 Å². The molecule has 0 aliphatic carbocycles. The maximum absolute atomic E-state index is 12.6. The smallest absolute Gasteiger partial charge is 0.255 e. The van der Waals surface area contributed by atoms with E-state index in [4.69, 9.17) is 16.7 Å². The molecule has 4 nitrogen and oxygen atoms in total. The van der Waals surface area contributed by atoms with Gasteiger partial charge in [0.25, 0.3) is 5.91 Å². The summed E-state index contributed by atoms with van der Waals surface area (Å²) < 4.78 is 0. The van der Waals surface area contributed by atoms with Crippen LogP contribution in [0.3, 0.4) is 0 Å². The minimum absolute atomic E-state index is 0.101. The van der Waals surface area contributed by atoms with Gasteiger partial charge in [-0.2, -0.15) is 0 Å². The Bertz CT molecular complexity index is 643. The number of nitrogens with zero attached hydrogens (tertiary/aromatic N) is 2. The van der Waals surface area contributed by atoms with Crippen molar-refractivity contribution in [3.05, 3.63) is 53.7 Å². The molecular formula is C15H15ClN2O2. The molecule has 1 amide bonds. The number of carbonyl (C=O) groups is 1. The number of halogens is 1. The van der Waals surface area contributed by atoms with Gasteiger partial charge in [-0.3, -0.25) is 4.79 Å². The highest BCUT2D eigenvalue weighted by atomic mass is 35.5. The Morgan fingerprint density at radius 3 is 2.90 bits per heavy atom. The van der Waals surface area contributed by atoms with Gasteiger partial charge in [0.15, 0.2) is 0 Å². The predicted molar refractivity (Wildman–Crippen MR) is 79.9 cm³/mol. The standard InChI is InChI=1S/C15H15ClN2O2/c1-2-7-18(8-9-19)15(20)12-10-14(16)17-13-6-4-3-5-11(12)13/h2-6,10,19H,1,7-9H2. The molecule has 0 unspecified atom stereocenters. The molecule has 0 atom stereocenters. The van der Waals surface area contributed by atoms with Gasteiger partial charge in [0.2, 0.25) is 0 Å². The number of aliphatic hydroxyl groups is 1. The molecule has 0 fully saturated rings.